The van der Waals surface area contributed by atoms with Crippen LogP contribution in [0.15, 0.2) is 29.2 Å². The van der Waals surface area contributed by atoms with Gasteiger partial charge in [0.2, 0.25) is 5.54 Å². The Labute approximate surface area is 143 Å². The number of rotatable bonds is 6. The second kappa shape index (κ2) is 6.76. The maximum atomic E-state index is 12.5. The lowest BCUT2D eigenvalue weighted by Gasteiger charge is -2.27. The van der Waals surface area contributed by atoms with E-state index in [-0.39, 0.29) is 0 Å². The minimum Gasteiger partial charge on any atom is -0.479 e. The largest absolute Gasteiger partial charge is 0.479 e. The van der Waals surface area contributed by atoms with Gasteiger partial charge in [0.25, 0.3) is 5.69 Å². The zero-order valence-electron chi connectivity index (χ0n) is 13.8. The van der Waals surface area contributed by atoms with E-state index < -0.39 is 54.2 Å². The van der Waals surface area contributed by atoms with Crippen LogP contribution in [-0.2, 0) is 24.2 Å². The van der Waals surface area contributed by atoms with Crippen LogP contribution in [0.2, 0.25) is 0 Å². The maximum Gasteiger partial charge on any atom is 0.339 e. The normalized spacial score (nSPS) is 14.4. The minimum absolute atomic E-state index is 0.736. The molecule has 0 saturated heterocycles. The number of para-hydroxylation sites is 1. The molecule has 1 aromatic carbocycles. The number of esters is 1. The predicted molar refractivity (Wildman–Crippen MR) is 85.5 cm³/mol. The number of ether oxygens (including phenoxy) is 1. The van der Waals surface area contributed by atoms with Gasteiger partial charge in [-0.3, -0.25) is 10.1 Å². The SMILES string of the molecule is CC(C)(C)OC(=O)C(N)(CS(=O)(=O)c1ccccc1[N+](=O)[O-])C(=O)O. The van der Waals surface area contributed by atoms with Crippen molar-refractivity contribution < 1.29 is 32.8 Å². The Balaban J connectivity index is 3.37. The fourth-order valence-electron chi connectivity index (χ4n) is 1.83. The summed E-state index contributed by atoms with van der Waals surface area (Å²) in [6, 6.07) is 4.36. The van der Waals surface area contributed by atoms with Crippen molar-refractivity contribution >= 4 is 27.5 Å². The molecule has 0 aliphatic heterocycles. The minimum atomic E-state index is -4.59. The van der Waals surface area contributed by atoms with Gasteiger partial charge >= 0.3 is 11.9 Å². The highest BCUT2D eigenvalue weighted by Gasteiger charge is 2.50. The topological polar surface area (TPSA) is 167 Å². The summed E-state index contributed by atoms with van der Waals surface area (Å²) in [4.78, 5) is 32.9. The Hall–Kier alpha value is -2.53. The highest BCUT2D eigenvalue weighted by atomic mass is 32.2. The van der Waals surface area contributed by atoms with E-state index in [0.717, 1.165) is 12.1 Å². The molecule has 0 fully saturated rings. The third-order valence-electron chi connectivity index (χ3n) is 2.96. The van der Waals surface area contributed by atoms with Gasteiger partial charge in [0.15, 0.2) is 9.84 Å². The van der Waals surface area contributed by atoms with E-state index in [1.807, 2.05) is 0 Å². The molecule has 10 nitrogen and oxygen atoms in total. The molecule has 0 heterocycles. The van der Waals surface area contributed by atoms with E-state index in [0.29, 0.717) is 0 Å². The standard InChI is InChI=1S/C14H18N2O8S/c1-13(2,3)24-12(19)14(15,11(17)18)8-25(22,23)10-7-5-4-6-9(10)16(20)21/h4-7H,8,15H2,1-3H3,(H,17,18). The summed E-state index contributed by atoms with van der Waals surface area (Å²) in [5.41, 5.74) is 0.735. The van der Waals surface area contributed by atoms with E-state index in [1.54, 1.807) is 0 Å². The Bertz CT molecular complexity index is 812. The lowest BCUT2D eigenvalue weighted by Crippen LogP contribution is -2.61. The summed E-state index contributed by atoms with van der Waals surface area (Å²) in [5.74, 6) is -4.78. The molecule has 11 heteroatoms. The van der Waals surface area contributed by atoms with Crippen molar-refractivity contribution in [2.75, 3.05) is 5.75 Å². The second-order valence-corrected chi connectivity index (χ2v) is 8.22. The van der Waals surface area contributed by atoms with Crippen LogP contribution >= 0.6 is 0 Å². The molecule has 0 aliphatic carbocycles. The van der Waals surface area contributed by atoms with Crippen molar-refractivity contribution in [2.45, 2.75) is 36.8 Å². The molecule has 0 amide bonds. The van der Waals surface area contributed by atoms with Crippen molar-refractivity contribution in [1.29, 1.82) is 0 Å². The van der Waals surface area contributed by atoms with Crippen LogP contribution in [0, 0.1) is 10.1 Å². The summed E-state index contributed by atoms with van der Waals surface area (Å²) in [6.45, 7) is 4.34. The Morgan fingerprint density at radius 2 is 1.80 bits per heavy atom. The van der Waals surface area contributed by atoms with Gasteiger partial charge in [-0.15, -0.1) is 0 Å². The van der Waals surface area contributed by atoms with Crippen LogP contribution in [-0.4, -0.2) is 47.3 Å². The van der Waals surface area contributed by atoms with E-state index in [1.165, 1.54) is 32.9 Å². The quantitative estimate of drug-likeness (QED) is 0.311. The van der Waals surface area contributed by atoms with Crippen LogP contribution in [0.25, 0.3) is 0 Å². The number of nitro groups is 1. The molecule has 1 atom stereocenters. The number of sulfone groups is 1. The van der Waals surface area contributed by atoms with Gasteiger partial charge in [0.1, 0.15) is 10.5 Å². The number of hydrogen-bond acceptors (Lipinski definition) is 8. The van der Waals surface area contributed by atoms with Crippen molar-refractivity contribution in [3.63, 3.8) is 0 Å². The maximum absolute atomic E-state index is 12.5. The van der Waals surface area contributed by atoms with Gasteiger partial charge in [0, 0.05) is 6.07 Å². The molecule has 0 saturated carbocycles. The molecule has 0 aromatic heterocycles. The van der Waals surface area contributed by atoms with Gasteiger partial charge < -0.3 is 15.6 Å². The Morgan fingerprint density at radius 3 is 2.24 bits per heavy atom. The van der Waals surface area contributed by atoms with Crippen molar-refractivity contribution in [3.05, 3.63) is 34.4 Å². The van der Waals surface area contributed by atoms with Crippen LogP contribution in [0.3, 0.4) is 0 Å². The third-order valence-corrected chi connectivity index (χ3v) is 4.81. The molecule has 0 radical (unpaired) electrons. The Kier molecular flexibility index (Phi) is 5.55. The third kappa shape index (κ3) is 4.73. The molecule has 138 valence electrons. The van der Waals surface area contributed by atoms with E-state index >= 15 is 0 Å². The summed E-state index contributed by atoms with van der Waals surface area (Å²) >= 11 is 0. The highest BCUT2D eigenvalue weighted by Crippen LogP contribution is 2.26. The zero-order chi connectivity index (χ0) is 19.6. The first-order valence-corrected chi connectivity index (χ1v) is 8.58. The summed E-state index contributed by atoms with van der Waals surface area (Å²) in [5, 5.41) is 20.3. The van der Waals surface area contributed by atoms with Crippen LogP contribution in [0.5, 0.6) is 0 Å². The number of nitrogens with two attached hydrogens (primary N) is 1. The number of aliphatic carboxylic acids is 1. The fourth-order valence-corrected chi connectivity index (χ4v) is 3.57. The number of carbonyl (C=O) groups is 2. The molecule has 3 N–H and O–H groups in total. The highest BCUT2D eigenvalue weighted by molar-refractivity contribution is 7.91. The average Bonchev–Trinajstić information content (AvgIpc) is 2.44. The summed E-state index contributed by atoms with van der Waals surface area (Å²) in [6.07, 6.45) is 0. The van der Waals surface area contributed by atoms with Crippen molar-refractivity contribution in [1.82, 2.24) is 0 Å². The fraction of sp³-hybridized carbons (Fsp3) is 0.429. The molecule has 1 unspecified atom stereocenters. The number of benzene rings is 1. The lowest BCUT2D eigenvalue weighted by atomic mass is 10.0. The summed E-state index contributed by atoms with van der Waals surface area (Å²) in [7, 11) is -4.59. The van der Waals surface area contributed by atoms with Crippen molar-refractivity contribution in [3.8, 4) is 0 Å². The van der Waals surface area contributed by atoms with E-state index in [4.69, 9.17) is 10.5 Å². The van der Waals surface area contributed by atoms with Gasteiger partial charge in [-0.1, -0.05) is 12.1 Å². The average molecular weight is 374 g/mol. The first kappa shape index (κ1) is 20.5. The number of carbonyl (C=O) groups excluding carboxylic acids is 1. The first-order chi connectivity index (χ1) is 11.2. The number of hydrogen-bond donors (Lipinski definition) is 2. The molecule has 1 rings (SSSR count). The Morgan fingerprint density at radius 1 is 1.28 bits per heavy atom. The van der Waals surface area contributed by atoms with E-state index in [9.17, 15) is 33.2 Å². The number of carboxylic acids is 1. The summed E-state index contributed by atoms with van der Waals surface area (Å²) < 4.78 is 29.9. The molecular weight excluding hydrogens is 356 g/mol. The van der Waals surface area contributed by atoms with Crippen LogP contribution < -0.4 is 5.73 Å². The number of nitrogens with zero attached hydrogens (tertiary/aromatic N) is 1. The van der Waals surface area contributed by atoms with Gasteiger partial charge in [0.05, 0.1) is 10.7 Å². The first-order valence-electron chi connectivity index (χ1n) is 6.92. The van der Waals surface area contributed by atoms with Crippen molar-refractivity contribution in [2.24, 2.45) is 5.73 Å². The number of nitro benzene ring substituents is 1. The van der Waals surface area contributed by atoms with Gasteiger partial charge in [-0.2, -0.15) is 0 Å². The monoisotopic (exact) mass is 374 g/mol. The van der Waals surface area contributed by atoms with Crippen LogP contribution in [0.4, 0.5) is 5.69 Å². The predicted octanol–water partition coefficient (Wildman–Crippen LogP) is 0.492. The van der Waals surface area contributed by atoms with Crippen LogP contribution in [0.1, 0.15) is 20.8 Å². The molecule has 0 aliphatic rings. The number of carboxylic acid groups (broad SMARTS) is 1. The zero-order valence-corrected chi connectivity index (χ0v) is 14.6. The lowest BCUT2D eigenvalue weighted by molar-refractivity contribution is -0.387. The van der Waals surface area contributed by atoms with Gasteiger partial charge in [-0.25, -0.2) is 18.0 Å². The van der Waals surface area contributed by atoms with Gasteiger partial charge in [-0.05, 0) is 26.8 Å². The molecule has 0 spiro atoms. The molecule has 0 bridgehead atoms. The molecule has 1 aromatic rings. The smallest absolute Gasteiger partial charge is 0.339 e. The molecule has 25 heavy (non-hydrogen) atoms. The molecular formula is C14H18N2O8S. The second-order valence-electron chi connectivity index (χ2n) is 6.26. The van der Waals surface area contributed by atoms with E-state index in [2.05, 4.69) is 0 Å².